The molecule has 2 fully saturated rings. The fraction of sp³-hybridized carbons (Fsp3) is 0.556. The van der Waals surface area contributed by atoms with Crippen LogP contribution in [0.4, 0.5) is 4.79 Å². The van der Waals surface area contributed by atoms with Gasteiger partial charge in [0.25, 0.3) is 5.91 Å². The second-order valence-corrected chi connectivity index (χ2v) is 9.38. The number of sulfone groups is 1. The molecule has 3 amide bonds. The number of likely N-dealkylation sites (tertiary alicyclic amines) is 1. The summed E-state index contributed by atoms with van der Waals surface area (Å²) in [5.74, 6) is 0.172. The van der Waals surface area contributed by atoms with Gasteiger partial charge < -0.3 is 15.5 Å². The monoisotopic (exact) mass is 379 g/mol. The van der Waals surface area contributed by atoms with Gasteiger partial charge in [0.1, 0.15) is 0 Å². The number of piperidine rings is 1. The topological polar surface area (TPSA) is 95.6 Å². The third-order valence-corrected chi connectivity index (χ3v) is 6.75. The van der Waals surface area contributed by atoms with E-state index < -0.39 is 9.84 Å². The van der Waals surface area contributed by atoms with Crippen LogP contribution in [0.2, 0.25) is 0 Å². The summed E-state index contributed by atoms with van der Waals surface area (Å²) in [7, 11) is -3.01. The van der Waals surface area contributed by atoms with E-state index in [2.05, 4.69) is 10.6 Å². The molecule has 3 rings (SSSR count). The summed E-state index contributed by atoms with van der Waals surface area (Å²) >= 11 is 0. The highest BCUT2D eigenvalue weighted by atomic mass is 32.2. The number of carbonyl (C=O) groups is 2. The first-order valence-electron chi connectivity index (χ1n) is 8.96. The number of benzene rings is 1. The van der Waals surface area contributed by atoms with Gasteiger partial charge in [0.05, 0.1) is 11.5 Å². The average Bonchev–Trinajstić information content (AvgIpc) is 2.94. The van der Waals surface area contributed by atoms with Crippen molar-refractivity contribution in [2.24, 2.45) is 0 Å². The van der Waals surface area contributed by atoms with Crippen molar-refractivity contribution in [1.82, 2.24) is 15.5 Å². The number of hydrogen-bond donors (Lipinski definition) is 2. The van der Waals surface area contributed by atoms with E-state index >= 15 is 0 Å². The number of amides is 3. The summed E-state index contributed by atoms with van der Waals surface area (Å²) in [5.41, 5.74) is 1.80. The molecule has 0 aromatic heterocycles. The lowest BCUT2D eigenvalue weighted by atomic mass is 10.0. The summed E-state index contributed by atoms with van der Waals surface area (Å²) in [6, 6.07) is 6.90. The van der Waals surface area contributed by atoms with Crippen LogP contribution in [0.1, 0.15) is 35.2 Å². The summed E-state index contributed by atoms with van der Waals surface area (Å²) in [6.07, 6.45) is 1.85. The average molecular weight is 379 g/mol. The van der Waals surface area contributed by atoms with Gasteiger partial charge in [0.2, 0.25) is 0 Å². The standard InChI is InChI=1S/C18H25N3O4S/c1-13-2-4-14(5-3-13)17(22)21-9-6-15(7-10-21)19-18(23)20-16-8-11-26(24,25)12-16/h2-5,15-16H,6-12H2,1H3,(H2,19,20,23). The molecule has 2 aliphatic rings. The number of carbonyl (C=O) groups excluding carboxylic acids is 2. The van der Waals surface area contributed by atoms with E-state index in [0.29, 0.717) is 37.9 Å². The lowest BCUT2D eigenvalue weighted by Crippen LogP contribution is -2.51. The van der Waals surface area contributed by atoms with E-state index in [-0.39, 0.29) is 35.5 Å². The molecule has 0 bridgehead atoms. The van der Waals surface area contributed by atoms with Gasteiger partial charge in [-0.05, 0) is 38.3 Å². The Morgan fingerprint density at radius 1 is 1.00 bits per heavy atom. The predicted octanol–water partition coefficient (Wildman–Crippen LogP) is 1.09. The minimum Gasteiger partial charge on any atom is -0.338 e. The Balaban J connectivity index is 1.44. The summed E-state index contributed by atoms with van der Waals surface area (Å²) in [6.45, 7) is 3.17. The Kier molecular flexibility index (Phi) is 5.50. The zero-order valence-corrected chi connectivity index (χ0v) is 15.7. The highest BCUT2D eigenvalue weighted by Gasteiger charge is 2.30. The molecule has 2 N–H and O–H groups in total. The van der Waals surface area contributed by atoms with E-state index in [0.717, 1.165) is 5.56 Å². The smallest absolute Gasteiger partial charge is 0.315 e. The van der Waals surface area contributed by atoms with E-state index in [1.807, 2.05) is 36.1 Å². The number of urea groups is 1. The van der Waals surface area contributed by atoms with Crippen molar-refractivity contribution in [3.8, 4) is 0 Å². The number of aryl methyl sites for hydroxylation is 1. The molecule has 142 valence electrons. The highest BCUT2D eigenvalue weighted by Crippen LogP contribution is 2.15. The second kappa shape index (κ2) is 7.65. The van der Waals surface area contributed by atoms with Crippen molar-refractivity contribution in [1.29, 1.82) is 0 Å². The maximum Gasteiger partial charge on any atom is 0.315 e. The molecule has 1 atom stereocenters. The third kappa shape index (κ3) is 4.75. The van der Waals surface area contributed by atoms with Crippen molar-refractivity contribution >= 4 is 21.8 Å². The highest BCUT2D eigenvalue weighted by molar-refractivity contribution is 7.91. The molecule has 2 saturated heterocycles. The quantitative estimate of drug-likeness (QED) is 0.822. The molecular weight excluding hydrogens is 354 g/mol. The van der Waals surface area contributed by atoms with Crippen molar-refractivity contribution in [2.75, 3.05) is 24.6 Å². The SMILES string of the molecule is Cc1ccc(C(=O)N2CCC(NC(=O)NC3CCS(=O)(=O)C3)CC2)cc1. The first-order valence-corrected chi connectivity index (χ1v) is 10.8. The molecule has 1 unspecified atom stereocenters. The van der Waals surface area contributed by atoms with Crippen LogP contribution in [0.5, 0.6) is 0 Å². The summed E-state index contributed by atoms with van der Waals surface area (Å²) in [5, 5.41) is 5.63. The van der Waals surface area contributed by atoms with E-state index in [1.165, 1.54) is 0 Å². The number of hydrogen-bond acceptors (Lipinski definition) is 4. The Hall–Kier alpha value is -2.09. The Morgan fingerprint density at radius 2 is 1.62 bits per heavy atom. The minimum absolute atomic E-state index is 0.00456. The molecule has 8 heteroatoms. The van der Waals surface area contributed by atoms with Crippen LogP contribution in [0.25, 0.3) is 0 Å². The zero-order valence-electron chi connectivity index (χ0n) is 14.9. The van der Waals surface area contributed by atoms with Crippen molar-refractivity contribution in [3.05, 3.63) is 35.4 Å². The van der Waals surface area contributed by atoms with Crippen LogP contribution in [-0.4, -0.2) is 61.9 Å². The molecule has 0 spiro atoms. The maximum atomic E-state index is 12.5. The summed E-state index contributed by atoms with van der Waals surface area (Å²) < 4.78 is 22.9. The molecule has 0 saturated carbocycles. The van der Waals surface area contributed by atoms with Gasteiger partial charge in [-0.25, -0.2) is 13.2 Å². The third-order valence-electron chi connectivity index (χ3n) is 4.98. The molecule has 1 aromatic carbocycles. The summed E-state index contributed by atoms with van der Waals surface area (Å²) in [4.78, 5) is 26.4. The Bertz CT molecular complexity index is 768. The van der Waals surface area contributed by atoms with E-state index in [9.17, 15) is 18.0 Å². The first-order chi connectivity index (χ1) is 12.3. The molecular formula is C18H25N3O4S. The number of nitrogens with zero attached hydrogens (tertiary/aromatic N) is 1. The van der Waals surface area contributed by atoms with Crippen LogP contribution in [-0.2, 0) is 9.84 Å². The number of nitrogens with one attached hydrogen (secondary N) is 2. The van der Waals surface area contributed by atoms with Gasteiger partial charge in [-0.1, -0.05) is 17.7 Å². The lowest BCUT2D eigenvalue weighted by Gasteiger charge is -2.32. The maximum absolute atomic E-state index is 12.5. The van der Waals surface area contributed by atoms with Gasteiger partial charge in [-0.3, -0.25) is 4.79 Å². The molecule has 0 radical (unpaired) electrons. The fourth-order valence-corrected chi connectivity index (χ4v) is 5.10. The predicted molar refractivity (Wildman–Crippen MR) is 98.8 cm³/mol. The largest absolute Gasteiger partial charge is 0.338 e. The van der Waals surface area contributed by atoms with Crippen LogP contribution < -0.4 is 10.6 Å². The Morgan fingerprint density at radius 3 is 2.19 bits per heavy atom. The molecule has 7 nitrogen and oxygen atoms in total. The van der Waals surface area contributed by atoms with Gasteiger partial charge in [0.15, 0.2) is 9.84 Å². The van der Waals surface area contributed by atoms with Crippen LogP contribution in [0.3, 0.4) is 0 Å². The van der Waals surface area contributed by atoms with E-state index in [1.54, 1.807) is 0 Å². The molecule has 1 aromatic rings. The normalized spacial score (nSPS) is 22.8. The fourth-order valence-electron chi connectivity index (χ4n) is 3.43. The van der Waals surface area contributed by atoms with Gasteiger partial charge in [-0.2, -0.15) is 0 Å². The van der Waals surface area contributed by atoms with Gasteiger partial charge in [0, 0.05) is 30.7 Å². The van der Waals surface area contributed by atoms with E-state index in [4.69, 9.17) is 0 Å². The van der Waals surface area contributed by atoms with Gasteiger partial charge >= 0.3 is 6.03 Å². The van der Waals surface area contributed by atoms with Crippen LogP contribution >= 0.6 is 0 Å². The van der Waals surface area contributed by atoms with Crippen molar-refractivity contribution in [2.45, 2.75) is 38.3 Å². The van der Waals surface area contributed by atoms with Crippen molar-refractivity contribution in [3.63, 3.8) is 0 Å². The van der Waals surface area contributed by atoms with Crippen LogP contribution in [0.15, 0.2) is 24.3 Å². The van der Waals surface area contributed by atoms with Crippen LogP contribution in [0, 0.1) is 6.92 Å². The molecule has 2 aliphatic heterocycles. The second-order valence-electron chi connectivity index (χ2n) is 7.15. The Labute approximate surface area is 154 Å². The number of rotatable bonds is 3. The zero-order chi connectivity index (χ0) is 18.7. The first kappa shape index (κ1) is 18.7. The minimum atomic E-state index is -3.01. The lowest BCUT2D eigenvalue weighted by molar-refractivity contribution is 0.0708. The molecule has 26 heavy (non-hydrogen) atoms. The molecule has 2 heterocycles. The van der Waals surface area contributed by atoms with Crippen molar-refractivity contribution < 1.29 is 18.0 Å². The van der Waals surface area contributed by atoms with Gasteiger partial charge in [-0.15, -0.1) is 0 Å². The molecule has 0 aliphatic carbocycles.